The van der Waals surface area contributed by atoms with Gasteiger partial charge in [-0.15, -0.1) is 0 Å². The highest BCUT2D eigenvalue weighted by Gasteiger charge is 2.08. The van der Waals surface area contributed by atoms with E-state index in [0.29, 0.717) is 5.69 Å². The summed E-state index contributed by atoms with van der Waals surface area (Å²) >= 11 is 0. The van der Waals surface area contributed by atoms with Crippen LogP contribution in [0.1, 0.15) is 5.56 Å². The first kappa shape index (κ1) is 17.3. The fraction of sp³-hybridized carbons (Fsp3) is 0.100. The maximum Gasteiger partial charge on any atom is 0.412 e. The van der Waals surface area contributed by atoms with Crippen LogP contribution in [0.4, 0.5) is 10.5 Å². The topological polar surface area (TPSA) is 80.4 Å². The lowest BCUT2D eigenvalue weighted by atomic mass is 10.1. The van der Waals surface area contributed by atoms with Crippen LogP contribution in [0.3, 0.4) is 0 Å². The van der Waals surface area contributed by atoms with Gasteiger partial charge in [0.05, 0.1) is 7.11 Å². The molecule has 0 saturated carbocycles. The molecule has 1 heterocycles. The summed E-state index contributed by atoms with van der Waals surface area (Å²) < 4.78 is 10.2. The Morgan fingerprint density at radius 1 is 1.00 bits per heavy atom. The Morgan fingerprint density at radius 3 is 2.38 bits per heavy atom. The van der Waals surface area contributed by atoms with Crippen molar-refractivity contribution in [1.29, 1.82) is 0 Å². The molecule has 132 valence electrons. The van der Waals surface area contributed by atoms with Gasteiger partial charge in [-0.3, -0.25) is 10.1 Å². The first-order chi connectivity index (χ1) is 12.7. The molecule has 3 rings (SSSR count). The molecule has 0 spiro atoms. The summed E-state index contributed by atoms with van der Waals surface area (Å²) in [6, 6.07) is 19.9. The number of ether oxygens (including phenoxy) is 2. The molecule has 1 aromatic heterocycles. The average Bonchev–Trinajstić information content (AvgIpc) is 2.69. The van der Waals surface area contributed by atoms with Gasteiger partial charge in [-0.2, -0.15) is 0 Å². The average molecular weight is 350 g/mol. The van der Waals surface area contributed by atoms with E-state index in [2.05, 4.69) is 10.3 Å². The third-order valence-electron chi connectivity index (χ3n) is 3.76. The molecular weight excluding hydrogens is 332 g/mol. The van der Waals surface area contributed by atoms with E-state index >= 15 is 0 Å². The minimum Gasteiger partial charge on any atom is -0.497 e. The molecular formula is C20H18N2O4. The van der Waals surface area contributed by atoms with Crippen LogP contribution >= 0.6 is 0 Å². The summed E-state index contributed by atoms with van der Waals surface area (Å²) in [5, 5.41) is 2.45. The predicted octanol–water partition coefficient (Wildman–Crippen LogP) is 3.80. The van der Waals surface area contributed by atoms with E-state index in [1.165, 1.54) is 0 Å². The molecule has 0 saturated heterocycles. The number of H-pyrrole nitrogens is 1. The summed E-state index contributed by atoms with van der Waals surface area (Å²) in [4.78, 5) is 26.8. The van der Waals surface area contributed by atoms with Crippen LogP contribution in [0.15, 0.2) is 71.5 Å². The second-order valence-electron chi connectivity index (χ2n) is 5.53. The van der Waals surface area contributed by atoms with Gasteiger partial charge in [-0.1, -0.05) is 30.3 Å². The largest absolute Gasteiger partial charge is 0.497 e. The summed E-state index contributed by atoms with van der Waals surface area (Å²) in [6.45, 7) is 0.133. The SMILES string of the molecule is COc1ccc(-c2ccc(NC(=O)OCc3ccccc3)c(=O)[nH]2)cc1. The van der Waals surface area contributed by atoms with Crippen molar-refractivity contribution in [3.8, 4) is 17.0 Å². The van der Waals surface area contributed by atoms with E-state index in [1.54, 1.807) is 31.4 Å². The van der Waals surface area contributed by atoms with Crippen molar-refractivity contribution in [2.75, 3.05) is 12.4 Å². The number of hydrogen-bond donors (Lipinski definition) is 2. The van der Waals surface area contributed by atoms with Crippen molar-refractivity contribution in [3.63, 3.8) is 0 Å². The number of pyridine rings is 1. The fourth-order valence-electron chi connectivity index (χ4n) is 2.38. The molecule has 2 aromatic carbocycles. The second-order valence-corrected chi connectivity index (χ2v) is 5.53. The van der Waals surface area contributed by atoms with E-state index in [4.69, 9.17) is 9.47 Å². The highest BCUT2D eigenvalue weighted by atomic mass is 16.5. The third kappa shape index (κ3) is 4.30. The van der Waals surface area contributed by atoms with Crippen LogP contribution < -0.4 is 15.6 Å². The van der Waals surface area contributed by atoms with Gasteiger partial charge in [0, 0.05) is 5.69 Å². The van der Waals surface area contributed by atoms with Gasteiger partial charge >= 0.3 is 6.09 Å². The van der Waals surface area contributed by atoms with E-state index in [0.717, 1.165) is 16.9 Å². The molecule has 6 heteroatoms. The fourth-order valence-corrected chi connectivity index (χ4v) is 2.38. The Bertz CT molecular complexity index is 934. The summed E-state index contributed by atoms with van der Waals surface area (Å²) in [5.74, 6) is 0.732. The van der Waals surface area contributed by atoms with E-state index in [1.807, 2.05) is 42.5 Å². The Labute approximate surface area is 150 Å². The number of aromatic amines is 1. The number of carbonyl (C=O) groups is 1. The summed E-state index contributed by atoms with van der Waals surface area (Å²) in [7, 11) is 1.59. The van der Waals surface area contributed by atoms with E-state index in [9.17, 15) is 9.59 Å². The van der Waals surface area contributed by atoms with E-state index in [-0.39, 0.29) is 12.3 Å². The Hall–Kier alpha value is -3.54. The molecule has 6 nitrogen and oxygen atoms in total. The Morgan fingerprint density at radius 2 is 1.73 bits per heavy atom. The first-order valence-corrected chi connectivity index (χ1v) is 8.01. The van der Waals surface area contributed by atoms with Gasteiger partial charge in [0.25, 0.3) is 5.56 Å². The minimum absolute atomic E-state index is 0.125. The van der Waals surface area contributed by atoms with Gasteiger partial charge < -0.3 is 14.5 Å². The number of nitrogens with one attached hydrogen (secondary N) is 2. The molecule has 3 aromatic rings. The van der Waals surface area contributed by atoms with Gasteiger partial charge in [0.2, 0.25) is 0 Å². The van der Waals surface area contributed by atoms with Gasteiger partial charge in [0.15, 0.2) is 0 Å². The molecule has 0 atom stereocenters. The number of rotatable bonds is 5. The summed E-state index contributed by atoms with van der Waals surface area (Å²) in [6.07, 6.45) is -0.684. The molecule has 0 fully saturated rings. The Kier molecular flexibility index (Phi) is 5.34. The molecule has 0 aliphatic heterocycles. The van der Waals surface area contributed by atoms with Crippen LogP contribution in [0, 0.1) is 0 Å². The quantitative estimate of drug-likeness (QED) is 0.733. The molecule has 0 aliphatic rings. The van der Waals surface area contributed by atoms with Crippen LogP contribution in [-0.2, 0) is 11.3 Å². The molecule has 1 amide bonds. The minimum atomic E-state index is -0.684. The molecule has 2 N–H and O–H groups in total. The highest BCUT2D eigenvalue weighted by molar-refractivity contribution is 5.84. The number of hydrogen-bond acceptors (Lipinski definition) is 4. The number of benzene rings is 2. The predicted molar refractivity (Wildman–Crippen MR) is 99.3 cm³/mol. The second kappa shape index (κ2) is 8.02. The molecule has 0 unspecified atom stereocenters. The molecule has 0 radical (unpaired) electrons. The smallest absolute Gasteiger partial charge is 0.412 e. The standard InChI is InChI=1S/C20H18N2O4/c1-25-16-9-7-15(8-10-16)17-11-12-18(19(23)21-17)22-20(24)26-13-14-5-3-2-4-6-14/h2-12H,13H2,1H3,(H,21,23)(H,22,24). The van der Waals surface area contributed by atoms with E-state index < -0.39 is 11.7 Å². The van der Waals surface area contributed by atoms with Crippen molar-refractivity contribution < 1.29 is 14.3 Å². The molecule has 0 bridgehead atoms. The van der Waals surface area contributed by atoms with Crippen molar-refractivity contribution in [2.24, 2.45) is 0 Å². The van der Waals surface area contributed by atoms with Crippen molar-refractivity contribution in [1.82, 2.24) is 4.98 Å². The number of aromatic nitrogens is 1. The normalized spacial score (nSPS) is 10.2. The molecule has 26 heavy (non-hydrogen) atoms. The zero-order valence-electron chi connectivity index (χ0n) is 14.2. The van der Waals surface area contributed by atoms with Crippen LogP contribution in [0.5, 0.6) is 5.75 Å². The maximum atomic E-state index is 12.2. The number of carbonyl (C=O) groups excluding carboxylic acids is 1. The number of amides is 1. The first-order valence-electron chi connectivity index (χ1n) is 8.01. The van der Waals surface area contributed by atoms with Crippen molar-refractivity contribution in [2.45, 2.75) is 6.61 Å². The Balaban J connectivity index is 1.65. The monoisotopic (exact) mass is 350 g/mol. The van der Waals surface area contributed by atoms with Crippen LogP contribution in [0.2, 0.25) is 0 Å². The van der Waals surface area contributed by atoms with Crippen LogP contribution in [0.25, 0.3) is 11.3 Å². The lowest BCUT2D eigenvalue weighted by Crippen LogP contribution is -2.20. The van der Waals surface area contributed by atoms with Gasteiger partial charge in [-0.05, 0) is 47.5 Å². The molecule has 0 aliphatic carbocycles. The van der Waals surface area contributed by atoms with Gasteiger partial charge in [0.1, 0.15) is 18.0 Å². The van der Waals surface area contributed by atoms with Gasteiger partial charge in [-0.25, -0.2) is 4.79 Å². The zero-order valence-corrected chi connectivity index (χ0v) is 14.2. The lowest BCUT2D eigenvalue weighted by molar-refractivity contribution is 0.155. The van der Waals surface area contributed by atoms with Crippen molar-refractivity contribution >= 4 is 11.8 Å². The van der Waals surface area contributed by atoms with Crippen molar-refractivity contribution in [3.05, 3.63) is 82.6 Å². The zero-order chi connectivity index (χ0) is 18.4. The third-order valence-corrected chi connectivity index (χ3v) is 3.76. The number of anilines is 1. The number of methoxy groups -OCH3 is 1. The lowest BCUT2D eigenvalue weighted by Gasteiger charge is -2.08. The van der Waals surface area contributed by atoms with Crippen LogP contribution in [-0.4, -0.2) is 18.2 Å². The maximum absolute atomic E-state index is 12.2. The highest BCUT2D eigenvalue weighted by Crippen LogP contribution is 2.20. The summed E-state index contributed by atoms with van der Waals surface area (Å²) in [5.41, 5.74) is 2.06.